The molecule has 1 unspecified atom stereocenters. The lowest BCUT2D eigenvalue weighted by atomic mass is 9.93. The first-order chi connectivity index (χ1) is 8.09. The van der Waals surface area contributed by atoms with Gasteiger partial charge in [-0.15, -0.1) is 0 Å². The smallest absolute Gasteiger partial charge is 0.180 e. The van der Waals surface area contributed by atoms with Gasteiger partial charge in [0.15, 0.2) is 5.78 Å². The number of carbonyl (C=O) groups is 1. The number of Topliss-reactive ketones (excluding diaryl/α,β-unsaturated/α-hetero) is 1. The minimum atomic E-state index is -0.0111. The van der Waals surface area contributed by atoms with E-state index in [9.17, 15) is 4.79 Å². The molecular weight excluding hydrogens is 234 g/mol. The van der Waals surface area contributed by atoms with Crippen LogP contribution in [0.4, 0.5) is 0 Å². The van der Waals surface area contributed by atoms with Gasteiger partial charge in [0.1, 0.15) is 0 Å². The summed E-state index contributed by atoms with van der Waals surface area (Å²) in [6.07, 6.45) is 3.25. The number of hydrogen-bond donors (Lipinski definition) is 1. The maximum atomic E-state index is 12.4. The predicted octanol–water partition coefficient (Wildman–Crippen LogP) is 3.28. The largest absolute Gasteiger partial charge is 0.307 e. The molecule has 1 atom stereocenters. The molecule has 0 radical (unpaired) electrons. The molecule has 1 saturated heterocycles. The van der Waals surface area contributed by atoms with Crippen molar-refractivity contribution < 1.29 is 4.79 Å². The Morgan fingerprint density at radius 2 is 2.06 bits per heavy atom. The maximum absolute atomic E-state index is 12.4. The van der Waals surface area contributed by atoms with E-state index in [1.165, 1.54) is 6.42 Å². The molecule has 1 aromatic rings. The van der Waals surface area contributed by atoms with Crippen LogP contribution in [-0.2, 0) is 0 Å². The molecule has 0 amide bonds. The van der Waals surface area contributed by atoms with E-state index in [4.69, 9.17) is 11.6 Å². The highest BCUT2D eigenvalue weighted by atomic mass is 35.5. The van der Waals surface area contributed by atoms with Crippen molar-refractivity contribution in [3.63, 3.8) is 0 Å². The molecule has 0 saturated carbocycles. The van der Waals surface area contributed by atoms with Crippen LogP contribution in [0.5, 0.6) is 0 Å². The highest BCUT2D eigenvalue weighted by Gasteiger charge is 2.23. The molecule has 1 aliphatic heterocycles. The minimum Gasteiger partial charge on any atom is -0.307 e. The average molecular weight is 252 g/mol. The predicted molar refractivity (Wildman–Crippen MR) is 70.9 cm³/mol. The van der Waals surface area contributed by atoms with E-state index in [0.717, 1.165) is 41.1 Å². The second kappa shape index (κ2) is 5.19. The molecule has 2 rings (SSSR count). The zero-order valence-corrected chi connectivity index (χ0v) is 11.1. The van der Waals surface area contributed by atoms with Crippen LogP contribution in [0.1, 0.15) is 40.7 Å². The molecule has 1 fully saturated rings. The van der Waals surface area contributed by atoms with E-state index < -0.39 is 0 Å². The van der Waals surface area contributed by atoms with Gasteiger partial charge in [0.2, 0.25) is 0 Å². The summed E-state index contributed by atoms with van der Waals surface area (Å²) in [6.45, 7) is 4.83. The number of hydrogen-bond acceptors (Lipinski definition) is 2. The molecule has 0 spiro atoms. The van der Waals surface area contributed by atoms with Gasteiger partial charge in [-0.2, -0.15) is 0 Å². The Morgan fingerprint density at radius 1 is 1.29 bits per heavy atom. The molecule has 1 aliphatic rings. The fourth-order valence-electron chi connectivity index (χ4n) is 2.31. The first kappa shape index (κ1) is 12.6. The normalized spacial score (nSPS) is 20.3. The molecule has 17 heavy (non-hydrogen) atoms. The first-order valence-corrected chi connectivity index (χ1v) is 6.51. The SMILES string of the molecule is Cc1cc(C(=O)C2CCCCN2)c(C)cc1Cl. The third-order valence-corrected chi connectivity index (χ3v) is 3.81. The molecule has 92 valence electrons. The van der Waals surface area contributed by atoms with E-state index in [1.807, 2.05) is 26.0 Å². The fraction of sp³-hybridized carbons (Fsp3) is 0.500. The summed E-state index contributed by atoms with van der Waals surface area (Å²) < 4.78 is 0. The summed E-state index contributed by atoms with van der Waals surface area (Å²) in [5.41, 5.74) is 2.75. The van der Waals surface area contributed by atoms with Gasteiger partial charge < -0.3 is 5.32 Å². The highest BCUT2D eigenvalue weighted by molar-refractivity contribution is 6.31. The van der Waals surface area contributed by atoms with Crippen molar-refractivity contribution in [3.05, 3.63) is 33.8 Å². The maximum Gasteiger partial charge on any atom is 0.180 e. The topological polar surface area (TPSA) is 29.1 Å². The average Bonchev–Trinajstić information content (AvgIpc) is 2.34. The molecule has 0 aliphatic carbocycles. The third kappa shape index (κ3) is 2.70. The van der Waals surface area contributed by atoms with Crippen LogP contribution in [-0.4, -0.2) is 18.4 Å². The van der Waals surface area contributed by atoms with E-state index >= 15 is 0 Å². The first-order valence-electron chi connectivity index (χ1n) is 6.14. The second-order valence-electron chi connectivity index (χ2n) is 4.78. The zero-order chi connectivity index (χ0) is 12.4. The Bertz CT molecular complexity index is 436. The Balaban J connectivity index is 2.26. The van der Waals surface area contributed by atoms with Crippen LogP contribution in [0.2, 0.25) is 5.02 Å². The number of ketones is 1. The molecule has 1 aromatic carbocycles. The van der Waals surface area contributed by atoms with Gasteiger partial charge in [-0.25, -0.2) is 0 Å². The van der Waals surface area contributed by atoms with Crippen molar-refractivity contribution in [1.29, 1.82) is 0 Å². The van der Waals surface area contributed by atoms with Crippen LogP contribution < -0.4 is 5.32 Å². The van der Waals surface area contributed by atoms with Crippen LogP contribution in [0.3, 0.4) is 0 Å². The number of carbonyl (C=O) groups excluding carboxylic acids is 1. The Morgan fingerprint density at radius 3 is 2.71 bits per heavy atom. The molecule has 1 N–H and O–H groups in total. The van der Waals surface area contributed by atoms with Gasteiger partial charge in [0.25, 0.3) is 0 Å². The lowest BCUT2D eigenvalue weighted by Crippen LogP contribution is -2.40. The quantitative estimate of drug-likeness (QED) is 0.818. The molecule has 3 heteroatoms. The van der Waals surface area contributed by atoms with Crippen molar-refractivity contribution in [2.24, 2.45) is 0 Å². The molecule has 1 heterocycles. The zero-order valence-electron chi connectivity index (χ0n) is 10.3. The Kier molecular flexibility index (Phi) is 3.85. The molecule has 0 bridgehead atoms. The lowest BCUT2D eigenvalue weighted by Gasteiger charge is -2.23. The van der Waals surface area contributed by atoms with Crippen molar-refractivity contribution in [2.45, 2.75) is 39.2 Å². The summed E-state index contributed by atoms with van der Waals surface area (Å²) in [5, 5.41) is 4.03. The number of piperidine rings is 1. The third-order valence-electron chi connectivity index (χ3n) is 3.40. The van der Waals surface area contributed by atoms with Gasteiger partial charge in [-0.1, -0.05) is 18.0 Å². The Labute approximate surface area is 107 Å². The summed E-state index contributed by atoms with van der Waals surface area (Å²) in [7, 11) is 0. The summed E-state index contributed by atoms with van der Waals surface area (Å²) in [5.74, 6) is 0.210. The summed E-state index contributed by atoms with van der Waals surface area (Å²) >= 11 is 6.05. The number of halogens is 1. The van der Waals surface area contributed by atoms with E-state index in [1.54, 1.807) is 0 Å². The van der Waals surface area contributed by atoms with Gasteiger partial charge in [-0.05, 0) is 56.5 Å². The fourth-order valence-corrected chi connectivity index (χ4v) is 2.53. The summed E-state index contributed by atoms with van der Waals surface area (Å²) in [4.78, 5) is 12.4. The number of nitrogens with one attached hydrogen (secondary N) is 1. The Hall–Kier alpha value is -0.860. The minimum absolute atomic E-state index is 0.0111. The number of aryl methyl sites for hydroxylation is 2. The van der Waals surface area contributed by atoms with E-state index in [2.05, 4.69) is 5.32 Å². The number of rotatable bonds is 2. The second-order valence-corrected chi connectivity index (χ2v) is 5.19. The van der Waals surface area contributed by atoms with Crippen LogP contribution in [0.15, 0.2) is 12.1 Å². The van der Waals surface area contributed by atoms with Gasteiger partial charge in [0, 0.05) is 10.6 Å². The summed E-state index contributed by atoms with van der Waals surface area (Å²) in [6, 6.07) is 3.78. The van der Waals surface area contributed by atoms with Crippen molar-refractivity contribution in [3.8, 4) is 0 Å². The standard InChI is InChI=1S/C14H18ClNO/c1-9-8-12(15)10(2)7-11(9)14(17)13-5-3-4-6-16-13/h7-8,13,16H,3-6H2,1-2H3. The van der Waals surface area contributed by atoms with Crippen molar-refractivity contribution >= 4 is 17.4 Å². The van der Waals surface area contributed by atoms with Crippen LogP contribution in [0.25, 0.3) is 0 Å². The molecule has 0 aromatic heterocycles. The van der Waals surface area contributed by atoms with Gasteiger partial charge >= 0.3 is 0 Å². The lowest BCUT2D eigenvalue weighted by molar-refractivity contribution is 0.0926. The van der Waals surface area contributed by atoms with Gasteiger partial charge in [0.05, 0.1) is 6.04 Å². The van der Waals surface area contributed by atoms with E-state index in [0.29, 0.717) is 0 Å². The van der Waals surface area contributed by atoms with Crippen LogP contribution in [0, 0.1) is 13.8 Å². The molecular formula is C14H18ClNO. The van der Waals surface area contributed by atoms with Crippen molar-refractivity contribution in [1.82, 2.24) is 5.32 Å². The highest BCUT2D eigenvalue weighted by Crippen LogP contribution is 2.23. The van der Waals surface area contributed by atoms with E-state index in [-0.39, 0.29) is 11.8 Å². The molecule has 2 nitrogen and oxygen atoms in total. The monoisotopic (exact) mass is 251 g/mol. The van der Waals surface area contributed by atoms with Crippen molar-refractivity contribution in [2.75, 3.05) is 6.54 Å². The van der Waals surface area contributed by atoms with Crippen LogP contribution >= 0.6 is 11.6 Å². The van der Waals surface area contributed by atoms with Gasteiger partial charge in [-0.3, -0.25) is 4.79 Å². The number of benzene rings is 1.